The van der Waals surface area contributed by atoms with Crippen LogP contribution in [0.25, 0.3) is 0 Å². The lowest BCUT2D eigenvalue weighted by Gasteiger charge is -2.20. The van der Waals surface area contributed by atoms with Gasteiger partial charge in [-0.05, 0) is 55.2 Å². The van der Waals surface area contributed by atoms with E-state index in [0.29, 0.717) is 30.8 Å². The van der Waals surface area contributed by atoms with Gasteiger partial charge < -0.3 is 9.64 Å². The Kier molecular flexibility index (Phi) is 6.05. The molecule has 0 bridgehead atoms. The minimum atomic E-state index is -3.57. The van der Waals surface area contributed by atoms with Crippen LogP contribution in [0.15, 0.2) is 47.4 Å². The minimum absolute atomic E-state index is 0.214. The van der Waals surface area contributed by atoms with Crippen LogP contribution < -0.4 is 4.74 Å². The Labute approximate surface area is 166 Å². The number of sulfonamides is 1. The first-order valence-corrected chi connectivity index (χ1v) is 10.8. The molecule has 0 aliphatic carbocycles. The molecular weight excluding hydrogens is 376 g/mol. The van der Waals surface area contributed by atoms with Crippen LogP contribution in [-0.2, 0) is 16.6 Å². The van der Waals surface area contributed by atoms with Crippen molar-refractivity contribution in [2.45, 2.75) is 31.2 Å². The maximum absolute atomic E-state index is 12.9. The number of carbonyl (C=O) groups is 1. The summed E-state index contributed by atoms with van der Waals surface area (Å²) in [6.45, 7) is 3.26. The lowest BCUT2D eigenvalue weighted by Crippen LogP contribution is -2.29. The molecule has 0 unspecified atom stereocenters. The summed E-state index contributed by atoms with van der Waals surface area (Å²) in [4.78, 5) is 14.7. The summed E-state index contributed by atoms with van der Waals surface area (Å²) in [6, 6.07) is 12.4. The molecule has 6 nitrogen and oxygen atoms in total. The summed E-state index contributed by atoms with van der Waals surface area (Å²) >= 11 is 0. The number of ether oxygens (including phenoxy) is 1. The number of amides is 1. The van der Waals surface area contributed by atoms with E-state index < -0.39 is 10.0 Å². The van der Waals surface area contributed by atoms with Gasteiger partial charge in [-0.3, -0.25) is 4.79 Å². The smallest absolute Gasteiger partial charge is 0.253 e. The topological polar surface area (TPSA) is 66.9 Å². The van der Waals surface area contributed by atoms with Crippen molar-refractivity contribution in [3.8, 4) is 5.75 Å². The summed E-state index contributed by atoms with van der Waals surface area (Å²) in [5.74, 6) is 0.543. The van der Waals surface area contributed by atoms with Gasteiger partial charge in [-0.1, -0.05) is 18.2 Å². The van der Waals surface area contributed by atoms with Gasteiger partial charge in [0.15, 0.2) is 0 Å². The third-order valence-corrected chi connectivity index (χ3v) is 7.08. The largest absolute Gasteiger partial charge is 0.497 e. The zero-order valence-electron chi connectivity index (χ0n) is 16.5. The summed E-state index contributed by atoms with van der Waals surface area (Å²) < 4.78 is 32.5. The van der Waals surface area contributed by atoms with Crippen molar-refractivity contribution < 1.29 is 17.9 Å². The van der Waals surface area contributed by atoms with E-state index in [1.165, 1.54) is 10.4 Å². The molecule has 0 radical (unpaired) electrons. The van der Waals surface area contributed by atoms with Crippen molar-refractivity contribution in [1.82, 2.24) is 9.21 Å². The molecule has 3 rings (SSSR count). The number of aryl methyl sites for hydroxylation is 1. The first-order chi connectivity index (χ1) is 13.3. The van der Waals surface area contributed by atoms with Crippen LogP contribution in [0.4, 0.5) is 0 Å². The predicted molar refractivity (Wildman–Crippen MR) is 108 cm³/mol. The van der Waals surface area contributed by atoms with Gasteiger partial charge in [0.05, 0.1) is 12.0 Å². The first-order valence-electron chi connectivity index (χ1n) is 9.32. The molecule has 0 N–H and O–H groups in total. The highest BCUT2D eigenvalue weighted by Gasteiger charge is 2.29. The molecule has 150 valence electrons. The number of methoxy groups -OCH3 is 1. The fourth-order valence-electron chi connectivity index (χ4n) is 3.38. The molecule has 1 amide bonds. The van der Waals surface area contributed by atoms with Crippen molar-refractivity contribution in [1.29, 1.82) is 0 Å². The van der Waals surface area contributed by atoms with E-state index in [0.717, 1.165) is 24.2 Å². The van der Waals surface area contributed by atoms with Gasteiger partial charge in [-0.2, -0.15) is 4.31 Å². The van der Waals surface area contributed by atoms with Crippen LogP contribution in [0.2, 0.25) is 0 Å². The summed E-state index contributed by atoms with van der Waals surface area (Å²) in [6.07, 6.45) is 1.75. The Hall–Kier alpha value is -2.38. The molecule has 2 aromatic carbocycles. The molecule has 7 heteroatoms. The van der Waals surface area contributed by atoms with E-state index in [1.54, 1.807) is 38.1 Å². The van der Waals surface area contributed by atoms with Gasteiger partial charge in [0.1, 0.15) is 5.75 Å². The number of nitrogens with zero attached hydrogens (tertiary/aromatic N) is 2. The maximum Gasteiger partial charge on any atom is 0.253 e. The zero-order chi connectivity index (χ0) is 20.3. The lowest BCUT2D eigenvalue weighted by atomic mass is 10.1. The number of hydrogen-bond donors (Lipinski definition) is 0. The van der Waals surface area contributed by atoms with Crippen LogP contribution >= 0.6 is 0 Å². The number of benzene rings is 2. The second-order valence-corrected chi connectivity index (χ2v) is 9.01. The van der Waals surface area contributed by atoms with Crippen LogP contribution in [0.1, 0.15) is 34.3 Å². The van der Waals surface area contributed by atoms with Crippen LogP contribution in [-0.4, -0.2) is 50.8 Å². The third kappa shape index (κ3) is 4.20. The lowest BCUT2D eigenvalue weighted by molar-refractivity contribution is 0.0785. The zero-order valence-corrected chi connectivity index (χ0v) is 17.3. The Morgan fingerprint density at radius 2 is 1.75 bits per heavy atom. The summed E-state index contributed by atoms with van der Waals surface area (Å²) in [7, 11) is -0.253. The van der Waals surface area contributed by atoms with E-state index in [-0.39, 0.29) is 10.8 Å². The normalized spacial score (nSPS) is 14.8. The summed E-state index contributed by atoms with van der Waals surface area (Å²) in [5.41, 5.74) is 1.99. The number of hydrogen-bond acceptors (Lipinski definition) is 4. The third-order valence-electron chi connectivity index (χ3n) is 5.04. The Morgan fingerprint density at radius 1 is 1.11 bits per heavy atom. The Balaban J connectivity index is 1.81. The molecule has 1 aliphatic rings. The fourth-order valence-corrected chi connectivity index (χ4v) is 5.14. The molecule has 28 heavy (non-hydrogen) atoms. The van der Waals surface area contributed by atoms with E-state index in [4.69, 9.17) is 4.74 Å². The SMILES string of the molecule is COc1ccc(CN(C)C(=O)c2ccc(C)c(S(=O)(=O)N3CCCC3)c2)cc1. The molecule has 1 heterocycles. The van der Waals surface area contributed by atoms with Gasteiger partial charge in [0.25, 0.3) is 5.91 Å². The average Bonchev–Trinajstić information content (AvgIpc) is 3.24. The second kappa shape index (κ2) is 8.32. The van der Waals surface area contributed by atoms with E-state index in [9.17, 15) is 13.2 Å². The monoisotopic (exact) mass is 402 g/mol. The van der Waals surface area contributed by atoms with E-state index in [2.05, 4.69) is 0 Å². The predicted octanol–water partition coefficient (Wildman–Crippen LogP) is 3.06. The molecule has 2 aromatic rings. The molecule has 1 fully saturated rings. The highest BCUT2D eigenvalue weighted by molar-refractivity contribution is 7.89. The van der Waals surface area contributed by atoms with Crippen molar-refractivity contribution in [3.63, 3.8) is 0 Å². The van der Waals surface area contributed by atoms with Gasteiger partial charge in [-0.25, -0.2) is 8.42 Å². The highest BCUT2D eigenvalue weighted by atomic mass is 32.2. The van der Waals surface area contributed by atoms with Crippen LogP contribution in [0, 0.1) is 6.92 Å². The van der Waals surface area contributed by atoms with Gasteiger partial charge in [-0.15, -0.1) is 0 Å². The average molecular weight is 403 g/mol. The molecule has 0 atom stereocenters. The van der Waals surface area contributed by atoms with E-state index in [1.807, 2.05) is 24.3 Å². The Morgan fingerprint density at radius 3 is 2.36 bits per heavy atom. The first kappa shape index (κ1) is 20.4. The van der Waals surface area contributed by atoms with Gasteiger partial charge >= 0.3 is 0 Å². The highest BCUT2D eigenvalue weighted by Crippen LogP contribution is 2.25. The van der Waals surface area contributed by atoms with E-state index >= 15 is 0 Å². The molecule has 1 saturated heterocycles. The van der Waals surface area contributed by atoms with Gasteiger partial charge in [0, 0.05) is 32.2 Å². The summed E-state index contributed by atoms with van der Waals surface area (Å²) in [5, 5.41) is 0. The van der Waals surface area contributed by atoms with Crippen molar-refractivity contribution in [2.75, 3.05) is 27.2 Å². The van der Waals surface area contributed by atoms with Crippen molar-refractivity contribution in [2.24, 2.45) is 0 Å². The van der Waals surface area contributed by atoms with Gasteiger partial charge in [0.2, 0.25) is 10.0 Å². The minimum Gasteiger partial charge on any atom is -0.497 e. The molecular formula is C21H26N2O4S. The molecule has 0 saturated carbocycles. The quantitative estimate of drug-likeness (QED) is 0.745. The van der Waals surface area contributed by atoms with Crippen molar-refractivity contribution >= 4 is 15.9 Å². The second-order valence-electron chi connectivity index (χ2n) is 7.10. The number of carbonyl (C=O) groups excluding carboxylic acids is 1. The van der Waals surface area contributed by atoms with Crippen molar-refractivity contribution in [3.05, 3.63) is 59.2 Å². The molecule has 0 aromatic heterocycles. The van der Waals surface area contributed by atoms with Crippen LogP contribution in [0.5, 0.6) is 5.75 Å². The maximum atomic E-state index is 12.9. The number of rotatable bonds is 6. The molecule has 0 spiro atoms. The standard InChI is InChI=1S/C21H26N2O4S/c1-16-6-9-18(14-20(16)28(25,26)23-12-4-5-13-23)21(24)22(2)15-17-7-10-19(27-3)11-8-17/h6-11,14H,4-5,12-13,15H2,1-3H3. The molecule has 1 aliphatic heterocycles. The van der Waals surface area contributed by atoms with Crippen LogP contribution in [0.3, 0.4) is 0 Å². The Bertz CT molecular complexity index is 949. The fraction of sp³-hybridized carbons (Fsp3) is 0.381.